The van der Waals surface area contributed by atoms with E-state index in [0.717, 1.165) is 6.07 Å². The van der Waals surface area contributed by atoms with Crippen molar-refractivity contribution in [2.75, 3.05) is 0 Å². The minimum atomic E-state index is -4.76. The molecular formula is C9H8F3O2. The molecule has 1 unspecified atom stereocenters. The van der Waals surface area contributed by atoms with E-state index in [9.17, 15) is 18.3 Å². The summed E-state index contributed by atoms with van der Waals surface area (Å²) in [6.07, 6.45) is -6.00. The van der Waals surface area contributed by atoms with Gasteiger partial charge in [0.15, 0.2) is 0 Å². The van der Waals surface area contributed by atoms with Gasteiger partial charge in [-0.05, 0) is 13.0 Å². The van der Waals surface area contributed by atoms with Crippen molar-refractivity contribution in [3.05, 3.63) is 29.8 Å². The molecule has 0 aromatic heterocycles. The lowest BCUT2D eigenvalue weighted by molar-refractivity contribution is -0.275. The van der Waals surface area contributed by atoms with Crippen LogP contribution in [-0.2, 0) is 5.11 Å². The van der Waals surface area contributed by atoms with Crippen LogP contribution in [0.1, 0.15) is 18.6 Å². The van der Waals surface area contributed by atoms with Crippen molar-refractivity contribution >= 4 is 0 Å². The molecule has 5 heteroatoms. The molecule has 1 radical (unpaired) electrons. The molecule has 2 nitrogen and oxygen atoms in total. The van der Waals surface area contributed by atoms with Gasteiger partial charge < -0.3 is 4.74 Å². The zero-order valence-corrected chi connectivity index (χ0v) is 7.34. The lowest BCUT2D eigenvalue weighted by Gasteiger charge is -2.13. The van der Waals surface area contributed by atoms with Crippen LogP contribution in [0, 0.1) is 0 Å². The van der Waals surface area contributed by atoms with E-state index in [1.807, 2.05) is 0 Å². The van der Waals surface area contributed by atoms with Crippen LogP contribution in [0.4, 0.5) is 13.2 Å². The van der Waals surface area contributed by atoms with E-state index in [2.05, 4.69) is 4.74 Å². The van der Waals surface area contributed by atoms with Crippen LogP contribution >= 0.6 is 0 Å². The molecule has 14 heavy (non-hydrogen) atoms. The van der Waals surface area contributed by atoms with Crippen molar-refractivity contribution in [1.82, 2.24) is 0 Å². The van der Waals surface area contributed by atoms with E-state index in [1.165, 1.54) is 25.1 Å². The van der Waals surface area contributed by atoms with Crippen molar-refractivity contribution in [2.45, 2.75) is 19.4 Å². The molecule has 1 atom stereocenters. The molecule has 0 bridgehead atoms. The lowest BCUT2D eigenvalue weighted by Crippen LogP contribution is -2.18. The molecule has 0 amide bonds. The first kappa shape index (κ1) is 10.8. The third-order valence-electron chi connectivity index (χ3n) is 1.58. The van der Waals surface area contributed by atoms with E-state index >= 15 is 0 Å². The number of hydrogen-bond donors (Lipinski definition) is 0. The molecule has 0 aliphatic rings. The second-order valence-corrected chi connectivity index (χ2v) is 2.73. The molecule has 1 aromatic carbocycles. The van der Waals surface area contributed by atoms with Gasteiger partial charge >= 0.3 is 6.36 Å². The molecule has 0 N–H and O–H groups in total. The van der Waals surface area contributed by atoms with Gasteiger partial charge in [-0.25, -0.2) is 5.11 Å². The van der Waals surface area contributed by atoms with Crippen molar-refractivity contribution in [2.24, 2.45) is 0 Å². The highest BCUT2D eigenvalue weighted by atomic mass is 19.4. The van der Waals surface area contributed by atoms with Crippen LogP contribution in [-0.4, -0.2) is 6.36 Å². The smallest absolute Gasteiger partial charge is 0.405 e. The number of ether oxygens (including phenoxy) is 1. The van der Waals surface area contributed by atoms with E-state index < -0.39 is 18.2 Å². The normalized spacial score (nSPS) is 13.8. The Balaban J connectivity index is 2.96. The van der Waals surface area contributed by atoms with Gasteiger partial charge in [0.05, 0.1) is 0 Å². The Kier molecular flexibility index (Phi) is 3.00. The number of hydrogen-bond acceptors (Lipinski definition) is 1. The Hall–Kier alpha value is -1.23. The van der Waals surface area contributed by atoms with E-state index in [1.54, 1.807) is 0 Å². The monoisotopic (exact) mass is 205 g/mol. The van der Waals surface area contributed by atoms with Gasteiger partial charge in [0, 0.05) is 5.56 Å². The highest BCUT2D eigenvalue weighted by Crippen LogP contribution is 2.29. The summed E-state index contributed by atoms with van der Waals surface area (Å²) in [7, 11) is 0. The Morgan fingerprint density at radius 3 is 2.36 bits per heavy atom. The molecule has 0 saturated heterocycles. The SMILES string of the molecule is CC([O])c1ccccc1OC(F)(F)F. The average molecular weight is 205 g/mol. The molecule has 1 rings (SSSR count). The van der Waals surface area contributed by atoms with Crippen LogP contribution in [0.15, 0.2) is 24.3 Å². The summed E-state index contributed by atoms with van der Waals surface area (Å²) < 4.78 is 39.3. The van der Waals surface area contributed by atoms with Gasteiger partial charge in [-0.15, -0.1) is 13.2 Å². The Labute approximate surface area is 78.9 Å². The third kappa shape index (κ3) is 2.92. The van der Waals surface area contributed by atoms with Crippen LogP contribution in [0.25, 0.3) is 0 Å². The highest BCUT2D eigenvalue weighted by Gasteiger charge is 2.32. The molecule has 0 heterocycles. The van der Waals surface area contributed by atoms with Crippen LogP contribution in [0.2, 0.25) is 0 Å². The summed E-state index contributed by atoms with van der Waals surface area (Å²) in [5, 5.41) is 11.0. The van der Waals surface area contributed by atoms with Gasteiger partial charge in [-0.1, -0.05) is 18.2 Å². The molecule has 0 aliphatic heterocycles. The van der Waals surface area contributed by atoms with Crippen molar-refractivity contribution in [3.63, 3.8) is 0 Å². The van der Waals surface area contributed by atoms with Crippen LogP contribution < -0.4 is 4.74 Å². The summed E-state index contributed by atoms with van der Waals surface area (Å²) in [6, 6.07) is 5.32. The largest absolute Gasteiger partial charge is 0.573 e. The summed E-state index contributed by atoms with van der Waals surface area (Å²) in [5.41, 5.74) is 0.00447. The van der Waals surface area contributed by atoms with Gasteiger partial charge in [0.25, 0.3) is 0 Å². The summed E-state index contributed by atoms with van der Waals surface area (Å²) in [4.78, 5) is 0. The topological polar surface area (TPSA) is 29.1 Å². The maximum atomic E-state index is 11.9. The number of alkyl halides is 3. The van der Waals surface area contributed by atoms with Gasteiger partial charge in [-0.3, -0.25) is 0 Å². The van der Waals surface area contributed by atoms with E-state index in [-0.39, 0.29) is 5.56 Å². The zero-order chi connectivity index (χ0) is 10.8. The number of halogens is 3. The predicted molar refractivity (Wildman–Crippen MR) is 42.2 cm³/mol. The number of rotatable bonds is 2. The summed E-state index contributed by atoms with van der Waals surface area (Å²) >= 11 is 0. The van der Waals surface area contributed by atoms with Crippen molar-refractivity contribution in [3.8, 4) is 5.75 Å². The fourth-order valence-corrected chi connectivity index (χ4v) is 1.03. The molecule has 0 spiro atoms. The first-order valence-electron chi connectivity index (χ1n) is 3.90. The van der Waals surface area contributed by atoms with E-state index in [0.29, 0.717) is 0 Å². The minimum Gasteiger partial charge on any atom is -0.405 e. The summed E-state index contributed by atoms with van der Waals surface area (Å²) in [6.45, 7) is 1.26. The first-order valence-corrected chi connectivity index (χ1v) is 3.90. The maximum absolute atomic E-state index is 11.9. The van der Waals surface area contributed by atoms with Crippen LogP contribution in [0.5, 0.6) is 5.75 Å². The highest BCUT2D eigenvalue weighted by molar-refractivity contribution is 5.34. The van der Waals surface area contributed by atoms with Gasteiger partial charge in [0.2, 0.25) is 0 Å². The molecule has 1 aromatic rings. The fraction of sp³-hybridized carbons (Fsp3) is 0.333. The second-order valence-electron chi connectivity index (χ2n) is 2.73. The fourth-order valence-electron chi connectivity index (χ4n) is 1.03. The Morgan fingerprint density at radius 1 is 1.29 bits per heavy atom. The van der Waals surface area contributed by atoms with Crippen molar-refractivity contribution in [1.29, 1.82) is 0 Å². The quantitative estimate of drug-likeness (QED) is 0.729. The molecule has 0 aliphatic carbocycles. The average Bonchev–Trinajstić information content (AvgIpc) is 2.01. The summed E-state index contributed by atoms with van der Waals surface area (Å²) in [5.74, 6) is -0.428. The standard InChI is InChI=1S/C9H8F3O2/c1-6(13)7-4-2-3-5-8(7)14-9(10,11)12/h2-6H,1H3. The Morgan fingerprint density at radius 2 is 1.86 bits per heavy atom. The second kappa shape index (κ2) is 3.88. The molecule has 77 valence electrons. The van der Waals surface area contributed by atoms with Gasteiger partial charge in [-0.2, -0.15) is 0 Å². The minimum absolute atomic E-state index is 0.00447. The molecule has 0 saturated carbocycles. The maximum Gasteiger partial charge on any atom is 0.573 e. The van der Waals surface area contributed by atoms with Crippen molar-refractivity contribution < 1.29 is 23.0 Å². The third-order valence-corrected chi connectivity index (χ3v) is 1.58. The Bertz CT molecular complexity index is 307. The number of para-hydroxylation sites is 1. The van der Waals surface area contributed by atoms with Crippen LogP contribution in [0.3, 0.4) is 0 Å². The molecule has 0 fully saturated rings. The number of benzene rings is 1. The van der Waals surface area contributed by atoms with E-state index in [4.69, 9.17) is 0 Å². The predicted octanol–water partition coefficient (Wildman–Crippen LogP) is 3.08. The zero-order valence-electron chi connectivity index (χ0n) is 7.34. The van der Waals surface area contributed by atoms with Gasteiger partial charge in [0.1, 0.15) is 11.9 Å². The molecular weight excluding hydrogens is 197 g/mol. The first-order chi connectivity index (χ1) is 6.40. The lowest BCUT2D eigenvalue weighted by atomic mass is 10.1.